The van der Waals surface area contributed by atoms with Gasteiger partial charge >= 0.3 is 5.97 Å². The monoisotopic (exact) mass is 355 g/mol. The molecule has 2 aromatic carbocycles. The maximum Gasteiger partial charge on any atom is 0.338 e. The van der Waals surface area contributed by atoms with Gasteiger partial charge in [0, 0.05) is 12.5 Å². The Morgan fingerprint density at radius 3 is 2.31 bits per heavy atom. The summed E-state index contributed by atoms with van der Waals surface area (Å²) in [6.07, 6.45) is 0.0173. The topological polar surface area (TPSA) is 75.6 Å². The van der Waals surface area contributed by atoms with Gasteiger partial charge in [0.25, 0.3) is 5.91 Å². The Hall–Kier alpha value is -2.66. The van der Waals surface area contributed by atoms with Crippen LogP contribution in [0, 0.1) is 0 Å². The lowest BCUT2D eigenvalue weighted by Gasteiger charge is -2.18. The Balaban J connectivity index is 1.87. The zero-order valence-corrected chi connectivity index (χ0v) is 15.1. The van der Waals surface area contributed by atoms with Gasteiger partial charge in [0.2, 0.25) is 0 Å². The molecule has 2 rings (SSSR count). The van der Waals surface area contributed by atoms with Crippen molar-refractivity contribution in [2.75, 3.05) is 6.54 Å². The number of aliphatic hydroxyl groups excluding tert-OH is 1. The van der Waals surface area contributed by atoms with E-state index >= 15 is 0 Å². The van der Waals surface area contributed by atoms with Crippen molar-refractivity contribution in [2.45, 2.75) is 38.9 Å². The molecule has 0 bridgehead atoms. The molecule has 0 fully saturated rings. The molecule has 5 heteroatoms. The number of hydrogen-bond donors (Lipinski definition) is 2. The van der Waals surface area contributed by atoms with Gasteiger partial charge in [0.05, 0.1) is 12.2 Å². The molecule has 0 radical (unpaired) electrons. The van der Waals surface area contributed by atoms with Crippen LogP contribution >= 0.6 is 0 Å². The zero-order valence-electron chi connectivity index (χ0n) is 15.1. The van der Waals surface area contributed by atoms with Crippen molar-refractivity contribution < 1.29 is 19.4 Å². The molecule has 0 aliphatic carbocycles. The van der Waals surface area contributed by atoms with Crippen molar-refractivity contribution in [3.63, 3.8) is 0 Å². The van der Waals surface area contributed by atoms with E-state index in [1.165, 1.54) is 5.56 Å². The molecule has 138 valence electrons. The highest BCUT2D eigenvalue weighted by Crippen LogP contribution is 2.18. The Morgan fingerprint density at radius 2 is 1.73 bits per heavy atom. The van der Waals surface area contributed by atoms with Gasteiger partial charge < -0.3 is 15.2 Å². The fourth-order valence-electron chi connectivity index (χ4n) is 2.62. The zero-order chi connectivity index (χ0) is 18.9. The lowest BCUT2D eigenvalue weighted by atomic mass is 9.96. The minimum absolute atomic E-state index is 0.0891. The van der Waals surface area contributed by atoms with Gasteiger partial charge in [-0.1, -0.05) is 49.4 Å². The second-order valence-corrected chi connectivity index (χ2v) is 6.16. The molecule has 0 spiro atoms. The molecule has 2 atom stereocenters. The van der Waals surface area contributed by atoms with Crippen LogP contribution in [0.5, 0.6) is 0 Å². The third-order valence-electron chi connectivity index (χ3n) is 4.31. The molecular formula is C21H25NO4. The average molecular weight is 355 g/mol. The van der Waals surface area contributed by atoms with Crippen molar-refractivity contribution in [2.24, 2.45) is 0 Å². The summed E-state index contributed by atoms with van der Waals surface area (Å²) in [6, 6.07) is 16.4. The first-order valence-electron chi connectivity index (χ1n) is 8.78. The summed E-state index contributed by atoms with van der Waals surface area (Å²) in [5.41, 5.74) is 2.22. The molecule has 0 aliphatic heterocycles. The van der Waals surface area contributed by atoms with E-state index in [0.717, 1.165) is 6.42 Å². The average Bonchev–Trinajstić information content (AvgIpc) is 2.69. The Morgan fingerprint density at radius 1 is 1.08 bits per heavy atom. The molecule has 0 unspecified atom stereocenters. The number of carbonyl (C=O) groups is 2. The molecule has 2 N–H and O–H groups in total. The van der Waals surface area contributed by atoms with Crippen LogP contribution in [0.15, 0.2) is 54.6 Å². The molecule has 0 saturated heterocycles. The Labute approximate surface area is 154 Å². The van der Waals surface area contributed by atoms with E-state index in [2.05, 4.69) is 12.2 Å². The summed E-state index contributed by atoms with van der Waals surface area (Å²) >= 11 is 0. The van der Waals surface area contributed by atoms with Gasteiger partial charge in [-0.2, -0.15) is 0 Å². The van der Waals surface area contributed by atoms with Crippen LogP contribution in [-0.2, 0) is 16.1 Å². The van der Waals surface area contributed by atoms with E-state index < -0.39 is 12.1 Å². The summed E-state index contributed by atoms with van der Waals surface area (Å²) in [4.78, 5) is 24.4. The van der Waals surface area contributed by atoms with Crippen LogP contribution in [0.25, 0.3) is 0 Å². The maximum atomic E-state index is 12.2. The molecule has 26 heavy (non-hydrogen) atoms. The first-order valence-corrected chi connectivity index (χ1v) is 8.78. The van der Waals surface area contributed by atoms with Crippen molar-refractivity contribution in [3.8, 4) is 0 Å². The Bertz CT molecular complexity index is 713. The molecule has 0 aromatic heterocycles. The number of amides is 1. The second kappa shape index (κ2) is 9.73. The number of benzene rings is 2. The lowest BCUT2D eigenvalue weighted by molar-refractivity contribution is -0.129. The van der Waals surface area contributed by atoms with E-state index in [4.69, 9.17) is 9.84 Å². The van der Waals surface area contributed by atoms with Gasteiger partial charge in [0.1, 0.15) is 0 Å². The van der Waals surface area contributed by atoms with Crippen molar-refractivity contribution in [1.29, 1.82) is 0 Å². The van der Waals surface area contributed by atoms with Crippen molar-refractivity contribution in [3.05, 3.63) is 71.3 Å². The third kappa shape index (κ3) is 5.43. The SMILES string of the molecule is CC[C@@H](CNC(=O)[C@@H](C)OC(=O)c1ccc(CO)cc1)c1ccccc1. The fraction of sp³-hybridized carbons (Fsp3) is 0.333. The quantitative estimate of drug-likeness (QED) is 0.714. The van der Waals surface area contributed by atoms with E-state index in [-0.39, 0.29) is 18.4 Å². The molecule has 5 nitrogen and oxygen atoms in total. The molecule has 0 saturated carbocycles. The van der Waals surface area contributed by atoms with E-state index in [1.807, 2.05) is 30.3 Å². The van der Waals surface area contributed by atoms with Crippen LogP contribution in [0.4, 0.5) is 0 Å². The highest BCUT2D eigenvalue weighted by molar-refractivity contribution is 5.92. The van der Waals surface area contributed by atoms with Crippen LogP contribution in [0.1, 0.15) is 47.7 Å². The first kappa shape index (κ1) is 19.7. The number of rotatable bonds is 8. The lowest BCUT2D eigenvalue weighted by Crippen LogP contribution is -2.38. The summed E-state index contributed by atoms with van der Waals surface area (Å²) in [6.45, 7) is 4.03. The van der Waals surface area contributed by atoms with Crippen LogP contribution in [-0.4, -0.2) is 29.6 Å². The predicted molar refractivity (Wildman–Crippen MR) is 99.7 cm³/mol. The molecular weight excluding hydrogens is 330 g/mol. The van der Waals surface area contributed by atoms with Crippen LogP contribution in [0.3, 0.4) is 0 Å². The van der Waals surface area contributed by atoms with Crippen molar-refractivity contribution in [1.82, 2.24) is 5.32 Å². The van der Waals surface area contributed by atoms with Crippen LogP contribution in [0.2, 0.25) is 0 Å². The summed E-state index contributed by atoms with van der Waals surface area (Å²) in [7, 11) is 0. The maximum absolute atomic E-state index is 12.2. The Kier molecular flexibility index (Phi) is 7.36. The fourth-order valence-corrected chi connectivity index (χ4v) is 2.62. The van der Waals surface area contributed by atoms with Gasteiger partial charge in [-0.15, -0.1) is 0 Å². The molecule has 1 amide bonds. The van der Waals surface area contributed by atoms with Crippen molar-refractivity contribution >= 4 is 11.9 Å². The second-order valence-electron chi connectivity index (χ2n) is 6.16. The van der Waals surface area contributed by atoms with Gasteiger partial charge in [0.15, 0.2) is 6.10 Å². The van der Waals surface area contributed by atoms with Gasteiger partial charge in [-0.25, -0.2) is 4.79 Å². The van der Waals surface area contributed by atoms with Crippen LogP contribution < -0.4 is 5.32 Å². The van der Waals surface area contributed by atoms with E-state index in [0.29, 0.717) is 17.7 Å². The number of carbonyl (C=O) groups excluding carboxylic acids is 2. The first-order chi connectivity index (χ1) is 12.5. The normalized spacial score (nSPS) is 12.9. The third-order valence-corrected chi connectivity index (χ3v) is 4.31. The number of ether oxygens (including phenoxy) is 1. The minimum atomic E-state index is -0.881. The molecule has 0 aliphatic rings. The number of hydrogen-bond acceptors (Lipinski definition) is 4. The van der Waals surface area contributed by atoms with Gasteiger partial charge in [-0.3, -0.25) is 4.79 Å². The summed E-state index contributed by atoms with van der Waals surface area (Å²) < 4.78 is 5.23. The highest BCUT2D eigenvalue weighted by atomic mass is 16.5. The van der Waals surface area contributed by atoms with E-state index in [9.17, 15) is 9.59 Å². The number of esters is 1. The summed E-state index contributed by atoms with van der Waals surface area (Å²) in [5.74, 6) is -0.666. The summed E-state index contributed by atoms with van der Waals surface area (Å²) in [5, 5.41) is 11.9. The largest absolute Gasteiger partial charge is 0.449 e. The highest BCUT2D eigenvalue weighted by Gasteiger charge is 2.20. The molecule has 2 aromatic rings. The standard InChI is InChI=1S/C21H25NO4/c1-3-17(18-7-5-4-6-8-18)13-22-20(24)15(2)26-21(25)19-11-9-16(14-23)10-12-19/h4-12,15,17,23H,3,13-14H2,1-2H3,(H,22,24)/t15-,17+/m1/s1. The van der Waals surface area contributed by atoms with E-state index in [1.54, 1.807) is 31.2 Å². The minimum Gasteiger partial charge on any atom is -0.449 e. The number of aliphatic hydroxyl groups is 1. The molecule has 0 heterocycles. The number of nitrogens with one attached hydrogen (secondary N) is 1. The smallest absolute Gasteiger partial charge is 0.338 e. The van der Waals surface area contributed by atoms with Gasteiger partial charge in [-0.05, 0) is 36.6 Å². The predicted octanol–water partition coefficient (Wildman–Crippen LogP) is 3.03.